The highest BCUT2D eigenvalue weighted by atomic mass is 16.3. The summed E-state index contributed by atoms with van der Waals surface area (Å²) in [5.74, 6) is 1.04. The van der Waals surface area contributed by atoms with Gasteiger partial charge in [-0.15, -0.1) is 0 Å². The van der Waals surface area contributed by atoms with Crippen molar-refractivity contribution >= 4 is 33.0 Å². The highest BCUT2D eigenvalue weighted by Gasteiger charge is 2.53. The summed E-state index contributed by atoms with van der Waals surface area (Å²) in [6.07, 6.45) is 1.04. The smallest absolute Gasteiger partial charge is 0.141 e. The molecule has 0 saturated carbocycles. The predicted molar refractivity (Wildman–Crippen MR) is 179 cm³/mol. The molecule has 44 heavy (non-hydrogen) atoms. The van der Waals surface area contributed by atoms with E-state index < -0.39 is 5.41 Å². The fraction of sp³-hybridized carbons (Fsp3) is 0.0976. The van der Waals surface area contributed by atoms with Crippen LogP contribution in [0.15, 0.2) is 132 Å². The third-order valence-corrected chi connectivity index (χ3v) is 9.96. The molecule has 0 saturated heterocycles. The van der Waals surface area contributed by atoms with Gasteiger partial charge in [-0.2, -0.15) is 0 Å². The summed E-state index contributed by atoms with van der Waals surface area (Å²) >= 11 is 0. The first-order valence-electron chi connectivity index (χ1n) is 15.5. The molecule has 208 valence electrons. The molecule has 1 spiro atoms. The standard InChI is InChI=1S/C41H28N2O/c1-2-24-43-34-20-9-8-19-33(34)42-40(43)28-15-11-18-31-37(28)25-12-3-6-16-29(25)41(31)30-17-7-4-13-26(30)38-32(41)22-23-36-39(38)27-14-5-10-21-35(27)44-36/h3-23H,2,24H2,1H3. The zero-order chi connectivity index (χ0) is 29.0. The van der Waals surface area contributed by atoms with Gasteiger partial charge in [0.25, 0.3) is 0 Å². The first-order valence-corrected chi connectivity index (χ1v) is 15.5. The lowest BCUT2D eigenvalue weighted by atomic mass is 9.70. The summed E-state index contributed by atoms with van der Waals surface area (Å²) in [6.45, 7) is 3.16. The average Bonchev–Trinajstić information content (AvgIpc) is 3.80. The molecule has 0 amide bonds. The van der Waals surface area contributed by atoms with E-state index in [1.807, 2.05) is 0 Å². The summed E-state index contributed by atoms with van der Waals surface area (Å²) < 4.78 is 8.83. The third-order valence-electron chi connectivity index (χ3n) is 9.96. The summed E-state index contributed by atoms with van der Waals surface area (Å²) in [7, 11) is 0. The van der Waals surface area contributed by atoms with Crippen molar-refractivity contribution in [2.45, 2.75) is 25.3 Å². The molecule has 8 aromatic rings. The van der Waals surface area contributed by atoms with Crippen molar-refractivity contribution in [2.75, 3.05) is 0 Å². The van der Waals surface area contributed by atoms with E-state index in [1.54, 1.807) is 0 Å². The molecule has 0 fully saturated rings. The molecule has 2 heterocycles. The molecule has 0 radical (unpaired) electrons. The minimum Gasteiger partial charge on any atom is -0.456 e. The Morgan fingerprint density at radius 2 is 1.25 bits per heavy atom. The van der Waals surface area contributed by atoms with Crippen LogP contribution in [0.4, 0.5) is 0 Å². The first-order chi connectivity index (χ1) is 21.8. The van der Waals surface area contributed by atoms with Crippen LogP contribution in [-0.2, 0) is 12.0 Å². The van der Waals surface area contributed by atoms with Gasteiger partial charge in [-0.3, -0.25) is 0 Å². The van der Waals surface area contributed by atoms with Gasteiger partial charge in [-0.1, -0.05) is 110 Å². The van der Waals surface area contributed by atoms with Crippen molar-refractivity contribution in [3.05, 3.63) is 150 Å². The van der Waals surface area contributed by atoms with Crippen molar-refractivity contribution in [1.29, 1.82) is 0 Å². The molecule has 0 aliphatic heterocycles. The van der Waals surface area contributed by atoms with E-state index >= 15 is 0 Å². The second-order valence-electron chi connectivity index (χ2n) is 12.1. The lowest BCUT2D eigenvalue weighted by molar-refractivity contribution is 0.668. The van der Waals surface area contributed by atoms with Crippen molar-refractivity contribution in [3.63, 3.8) is 0 Å². The number of fused-ring (bicyclic) bond motifs is 15. The number of imidazole rings is 1. The second kappa shape index (κ2) is 8.58. The fourth-order valence-electron chi connectivity index (χ4n) is 8.41. The van der Waals surface area contributed by atoms with Gasteiger partial charge >= 0.3 is 0 Å². The molecule has 3 heteroatoms. The highest BCUT2D eigenvalue weighted by molar-refractivity contribution is 6.16. The zero-order valence-corrected chi connectivity index (χ0v) is 24.3. The first kappa shape index (κ1) is 24.1. The Morgan fingerprint density at radius 1 is 0.591 bits per heavy atom. The monoisotopic (exact) mass is 564 g/mol. The van der Waals surface area contributed by atoms with Gasteiger partial charge in [0.1, 0.15) is 17.0 Å². The Balaban J connectivity index is 1.36. The van der Waals surface area contributed by atoms with Crippen LogP contribution in [0.3, 0.4) is 0 Å². The maximum Gasteiger partial charge on any atom is 0.141 e. The van der Waals surface area contributed by atoms with Crippen molar-refractivity contribution in [1.82, 2.24) is 9.55 Å². The SMILES string of the molecule is CCCn1c(-c2cccc3c2-c2ccccc2C32c3ccccc3-c3c2ccc2oc4ccccc4c32)nc2ccccc21. The summed E-state index contributed by atoms with van der Waals surface area (Å²) in [5.41, 5.74) is 15.3. The predicted octanol–water partition coefficient (Wildman–Crippen LogP) is 10.4. The summed E-state index contributed by atoms with van der Waals surface area (Å²) in [6, 6.07) is 46.4. The number of rotatable bonds is 3. The van der Waals surface area contributed by atoms with Crippen LogP contribution >= 0.6 is 0 Å². The quantitative estimate of drug-likeness (QED) is 0.214. The summed E-state index contributed by atoms with van der Waals surface area (Å²) in [4.78, 5) is 5.27. The lowest BCUT2D eigenvalue weighted by Gasteiger charge is -2.30. The number of para-hydroxylation sites is 3. The molecule has 2 aromatic heterocycles. The van der Waals surface area contributed by atoms with E-state index in [2.05, 4.69) is 139 Å². The Kier molecular flexibility index (Phi) is 4.69. The molecule has 2 aliphatic rings. The highest BCUT2D eigenvalue weighted by Crippen LogP contribution is 2.65. The molecule has 1 atom stereocenters. The number of aromatic nitrogens is 2. The second-order valence-corrected chi connectivity index (χ2v) is 12.1. The normalized spacial score (nSPS) is 16.1. The molecular weight excluding hydrogens is 536 g/mol. The molecule has 10 rings (SSSR count). The van der Waals surface area contributed by atoms with Crippen LogP contribution < -0.4 is 0 Å². The summed E-state index contributed by atoms with van der Waals surface area (Å²) in [5, 5.41) is 2.37. The van der Waals surface area contributed by atoms with Gasteiger partial charge in [0, 0.05) is 22.9 Å². The van der Waals surface area contributed by atoms with E-state index in [-0.39, 0.29) is 0 Å². The van der Waals surface area contributed by atoms with E-state index in [0.717, 1.165) is 35.5 Å². The van der Waals surface area contributed by atoms with Gasteiger partial charge in [-0.05, 0) is 75.2 Å². The maximum absolute atomic E-state index is 6.41. The minimum atomic E-state index is -0.442. The fourth-order valence-corrected chi connectivity index (χ4v) is 8.41. The minimum absolute atomic E-state index is 0.442. The number of nitrogens with zero attached hydrogens (tertiary/aromatic N) is 2. The topological polar surface area (TPSA) is 31.0 Å². The van der Waals surface area contributed by atoms with Gasteiger partial charge in [0.05, 0.1) is 16.4 Å². The van der Waals surface area contributed by atoms with Gasteiger partial charge in [0.2, 0.25) is 0 Å². The van der Waals surface area contributed by atoms with Crippen LogP contribution in [0.1, 0.15) is 35.6 Å². The Bertz CT molecular complexity index is 2480. The van der Waals surface area contributed by atoms with Gasteiger partial charge in [0.15, 0.2) is 0 Å². The lowest BCUT2D eigenvalue weighted by Crippen LogP contribution is -2.25. The molecule has 0 bridgehead atoms. The van der Waals surface area contributed by atoms with E-state index in [1.165, 1.54) is 66.4 Å². The van der Waals surface area contributed by atoms with Crippen molar-refractivity contribution in [2.24, 2.45) is 0 Å². The maximum atomic E-state index is 6.41. The average molecular weight is 565 g/mol. The van der Waals surface area contributed by atoms with Gasteiger partial charge in [-0.25, -0.2) is 4.98 Å². The van der Waals surface area contributed by atoms with E-state index in [0.29, 0.717) is 0 Å². The number of hydrogen-bond acceptors (Lipinski definition) is 2. The Morgan fingerprint density at radius 3 is 2.09 bits per heavy atom. The third kappa shape index (κ3) is 2.80. The van der Waals surface area contributed by atoms with Crippen molar-refractivity contribution in [3.8, 4) is 33.6 Å². The molecular formula is C41H28N2O. The van der Waals surface area contributed by atoms with E-state index in [4.69, 9.17) is 9.40 Å². The largest absolute Gasteiger partial charge is 0.456 e. The van der Waals surface area contributed by atoms with Crippen LogP contribution in [0.5, 0.6) is 0 Å². The van der Waals surface area contributed by atoms with Crippen molar-refractivity contribution < 1.29 is 4.42 Å². The number of benzene rings is 6. The molecule has 0 N–H and O–H groups in total. The van der Waals surface area contributed by atoms with Crippen LogP contribution in [0, 0.1) is 0 Å². The number of aryl methyl sites for hydroxylation is 1. The van der Waals surface area contributed by atoms with Gasteiger partial charge < -0.3 is 8.98 Å². The van der Waals surface area contributed by atoms with Crippen LogP contribution in [0.2, 0.25) is 0 Å². The number of furan rings is 1. The van der Waals surface area contributed by atoms with Crippen LogP contribution in [-0.4, -0.2) is 9.55 Å². The zero-order valence-electron chi connectivity index (χ0n) is 24.3. The van der Waals surface area contributed by atoms with Crippen LogP contribution in [0.25, 0.3) is 66.6 Å². The number of hydrogen-bond donors (Lipinski definition) is 0. The van der Waals surface area contributed by atoms with E-state index in [9.17, 15) is 0 Å². The molecule has 2 aliphatic carbocycles. The Labute approximate surface area is 255 Å². The molecule has 6 aromatic carbocycles. The molecule has 1 unspecified atom stereocenters. The Hall–Kier alpha value is -5.41. The molecule has 3 nitrogen and oxygen atoms in total.